The molecule has 0 radical (unpaired) electrons. The van der Waals surface area contributed by atoms with Crippen LogP contribution in [0.25, 0.3) is 0 Å². The number of carbonyl (C=O) groups is 2. The number of nitrogens with zero attached hydrogens (tertiary/aromatic N) is 2. The summed E-state index contributed by atoms with van der Waals surface area (Å²) >= 11 is 0. The normalized spacial score (nSPS) is 20.0. The lowest BCUT2D eigenvalue weighted by Gasteiger charge is -2.32. The molecule has 0 aliphatic carbocycles. The Hall–Kier alpha value is -1.34. The quantitative estimate of drug-likeness (QED) is 0.795. The highest BCUT2D eigenvalue weighted by molar-refractivity contribution is 5.94. The van der Waals surface area contributed by atoms with Crippen LogP contribution in [0.4, 0.5) is 0 Å². The van der Waals surface area contributed by atoms with E-state index in [0.717, 1.165) is 51.1 Å². The number of piperazine rings is 1. The number of benzene rings is 1. The molecule has 2 N–H and O–H groups in total. The highest BCUT2D eigenvalue weighted by atomic mass is 35.5. The fraction of sp³-hybridized carbons (Fsp3) is 0.556. The molecule has 2 fully saturated rings. The van der Waals surface area contributed by atoms with Gasteiger partial charge in [-0.1, -0.05) is 12.1 Å². The van der Waals surface area contributed by atoms with Gasteiger partial charge in [0.05, 0.1) is 6.04 Å². The van der Waals surface area contributed by atoms with Crippen molar-refractivity contribution in [3.05, 3.63) is 35.4 Å². The summed E-state index contributed by atoms with van der Waals surface area (Å²) in [5.41, 5.74) is 1.73. The van der Waals surface area contributed by atoms with Crippen LogP contribution in [0.2, 0.25) is 0 Å². The van der Waals surface area contributed by atoms with E-state index in [2.05, 4.69) is 22.6 Å². The maximum absolute atomic E-state index is 12.5. The van der Waals surface area contributed by atoms with Crippen LogP contribution in [0.3, 0.4) is 0 Å². The highest BCUT2D eigenvalue weighted by Gasteiger charge is 2.22. The molecular formula is C18H28Cl2N4O2. The minimum absolute atomic E-state index is 0. The van der Waals surface area contributed by atoms with Gasteiger partial charge in [0, 0.05) is 38.3 Å². The number of rotatable bonds is 4. The molecule has 3 rings (SSSR count). The first-order chi connectivity index (χ1) is 11.6. The Morgan fingerprint density at radius 2 is 1.77 bits per heavy atom. The maximum Gasteiger partial charge on any atom is 0.253 e. The van der Waals surface area contributed by atoms with Crippen LogP contribution >= 0.6 is 24.8 Å². The van der Waals surface area contributed by atoms with Crippen molar-refractivity contribution in [2.75, 3.05) is 39.8 Å². The molecule has 6 nitrogen and oxygen atoms in total. The van der Waals surface area contributed by atoms with Gasteiger partial charge in [-0.15, -0.1) is 24.8 Å². The molecule has 1 aromatic carbocycles. The zero-order chi connectivity index (χ0) is 16.9. The van der Waals surface area contributed by atoms with Crippen molar-refractivity contribution in [1.29, 1.82) is 0 Å². The Balaban J connectivity index is 0.00000169. The summed E-state index contributed by atoms with van der Waals surface area (Å²) in [6.07, 6.45) is 1.96. The first kappa shape index (κ1) is 22.7. The molecule has 2 aliphatic rings. The smallest absolute Gasteiger partial charge is 0.253 e. The number of carbonyl (C=O) groups excluding carboxylic acids is 2. The Bertz CT molecular complexity index is 583. The van der Waals surface area contributed by atoms with Crippen LogP contribution in [-0.2, 0) is 11.3 Å². The van der Waals surface area contributed by atoms with E-state index in [-0.39, 0.29) is 42.7 Å². The van der Waals surface area contributed by atoms with Crippen LogP contribution < -0.4 is 10.6 Å². The van der Waals surface area contributed by atoms with Gasteiger partial charge in [0.15, 0.2) is 0 Å². The molecule has 146 valence electrons. The lowest BCUT2D eigenvalue weighted by Crippen LogP contribution is -2.47. The average molecular weight is 403 g/mol. The average Bonchev–Trinajstić information content (AvgIpc) is 3.15. The first-order valence-corrected chi connectivity index (χ1v) is 8.71. The third-order valence-electron chi connectivity index (χ3n) is 4.83. The maximum atomic E-state index is 12.5. The van der Waals surface area contributed by atoms with Crippen molar-refractivity contribution in [2.24, 2.45) is 0 Å². The second-order valence-corrected chi connectivity index (χ2v) is 6.66. The number of hydrogen-bond acceptors (Lipinski definition) is 4. The molecule has 1 atom stereocenters. The number of likely N-dealkylation sites (N-methyl/N-ethyl adjacent to an activating group) is 1. The van der Waals surface area contributed by atoms with E-state index in [9.17, 15) is 9.59 Å². The number of amides is 2. The van der Waals surface area contributed by atoms with E-state index in [1.807, 2.05) is 29.2 Å². The highest BCUT2D eigenvalue weighted by Crippen LogP contribution is 2.11. The summed E-state index contributed by atoms with van der Waals surface area (Å²) in [4.78, 5) is 28.6. The lowest BCUT2D eigenvalue weighted by molar-refractivity contribution is -0.122. The van der Waals surface area contributed by atoms with Gasteiger partial charge in [0.1, 0.15) is 0 Å². The third-order valence-corrected chi connectivity index (χ3v) is 4.83. The zero-order valence-corrected chi connectivity index (χ0v) is 16.7. The van der Waals surface area contributed by atoms with Crippen molar-refractivity contribution in [2.45, 2.75) is 25.4 Å². The van der Waals surface area contributed by atoms with Gasteiger partial charge in [0.25, 0.3) is 5.91 Å². The molecule has 2 heterocycles. The van der Waals surface area contributed by atoms with Gasteiger partial charge in [-0.3, -0.25) is 9.59 Å². The first-order valence-electron chi connectivity index (χ1n) is 8.71. The van der Waals surface area contributed by atoms with Crippen LogP contribution in [-0.4, -0.2) is 67.4 Å². The van der Waals surface area contributed by atoms with Crippen LogP contribution in [0, 0.1) is 0 Å². The fourth-order valence-corrected chi connectivity index (χ4v) is 3.18. The second kappa shape index (κ2) is 10.7. The van der Waals surface area contributed by atoms with Crippen LogP contribution in [0.1, 0.15) is 28.8 Å². The predicted octanol–water partition coefficient (Wildman–Crippen LogP) is 1.29. The second-order valence-electron chi connectivity index (χ2n) is 6.66. The molecular weight excluding hydrogens is 375 g/mol. The molecule has 2 aliphatic heterocycles. The molecule has 0 aromatic heterocycles. The monoisotopic (exact) mass is 402 g/mol. The van der Waals surface area contributed by atoms with E-state index in [0.29, 0.717) is 12.1 Å². The largest absolute Gasteiger partial charge is 0.351 e. The van der Waals surface area contributed by atoms with Gasteiger partial charge >= 0.3 is 0 Å². The van der Waals surface area contributed by atoms with E-state index in [1.54, 1.807) is 0 Å². The molecule has 2 saturated heterocycles. The number of nitrogens with one attached hydrogen (secondary N) is 2. The van der Waals surface area contributed by atoms with Crippen molar-refractivity contribution in [3.8, 4) is 0 Å². The van der Waals surface area contributed by atoms with E-state index in [4.69, 9.17) is 0 Å². The van der Waals surface area contributed by atoms with Gasteiger partial charge in [-0.2, -0.15) is 0 Å². The molecule has 2 amide bonds. The Kier molecular flexibility index (Phi) is 9.36. The van der Waals surface area contributed by atoms with Gasteiger partial charge in [-0.25, -0.2) is 0 Å². The molecule has 1 unspecified atom stereocenters. The minimum atomic E-state index is -0.0527. The number of hydrogen-bond donors (Lipinski definition) is 2. The van der Waals surface area contributed by atoms with Crippen LogP contribution in [0.15, 0.2) is 24.3 Å². The van der Waals surface area contributed by atoms with E-state index < -0.39 is 0 Å². The van der Waals surface area contributed by atoms with Crippen LogP contribution in [0.5, 0.6) is 0 Å². The fourth-order valence-electron chi connectivity index (χ4n) is 3.18. The molecule has 0 saturated carbocycles. The van der Waals surface area contributed by atoms with E-state index in [1.165, 1.54) is 0 Å². The van der Waals surface area contributed by atoms with Crippen molar-refractivity contribution >= 4 is 36.6 Å². The molecule has 1 aromatic rings. The van der Waals surface area contributed by atoms with Gasteiger partial charge in [-0.05, 0) is 44.1 Å². The minimum Gasteiger partial charge on any atom is -0.351 e. The summed E-state index contributed by atoms with van der Waals surface area (Å²) in [5, 5.41) is 6.15. The number of halogens is 2. The van der Waals surface area contributed by atoms with Crippen molar-refractivity contribution in [1.82, 2.24) is 20.4 Å². The summed E-state index contributed by atoms with van der Waals surface area (Å²) in [6.45, 7) is 4.82. The van der Waals surface area contributed by atoms with Crippen molar-refractivity contribution < 1.29 is 9.59 Å². The van der Waals surface area contributed by atoms with Crippen molar-refractivity contribution in [3.63, 3.8) is 0 Å². The van der Waals surface area contributed by atoms with E-state index >= 15 is 0 Å². The summed E-state index contributed by atoms with van der Waals surface area (Å²) in [5.74, 6) is 0.152. The molecule has 0 bridgehead atoms. The predicted molar refractivity (Wildman–Crippen MR) is 107 cm³/mol. The molecule has 26 heavy (non-hydrogen) atoms. The lowest BCUT2D eigenvalue weighted by atomic mass is 10.1. The Morgan fingerprint density at radius 1 is 1.12 bits per heavy atom. The summed E-state index contributed by atoms with van der Waals surface area (Å²) in [7, 11) is 2.08. The SMILES string of the molecule is CN1CCN(C(=O)c2ccc(CNC(=O)C3CCCN3)cc2)CC1.Cl.Cl. The van der Waals surface area contributed by atoms with Gasteiger partial charge in [0.2, 0.25) is 5.91 Å². The standard InChI is InChI=1S/C18H26N4O2.2ClH/c1-21-9-11-22(12-10-21)18(24)15-6-4-14(5-7-15)13-20-17(23)16-3-2-8-19-16;;/h4-7,16,19H,2-3,8-13H2,1H3,(H,20,23);2*1H. The molecule has 8 heteroatoms. The topological polar surface area (TPSA) is 64.7 Å². The third kappa shape index (κ3) is 5.84. The Labute approximate surface area is 167 Å². The summed E-state index contributed by atoms with van der Waals surface area (Å²) in [6, 6.07) is 7.51. The summed E-state index contributed by atoms with van der Waals surface area (Å²) < 4.78 is 0. The molecule has 0 spiro atoms. The van der Waals surface area contributed by atoms with Gasteiger partial charge < -0.3 is 20.4 Å². The Morgan fingerprint density at radius 3 is 2.35 bits per heavy atom. The zero-order valence-electron chi connectivity index (χ0n) is 15.1.